The first-order valence-corrected chi connectivity index (χ1v) is 5.43. The van der Waals surface area contributed by atoms with Crippen LogP contribution in [0.15, 0.2) is 22.6 Å². The van der Waals surface area contributed by atoms with Gasteiger partial charge in [-0.2, -0.15) is 0 Å². The molecule has 0 aliphatic carbocycles. The van der Waals surface area contributed by atoms with Gasteiger partial charge in [-0.15, -0.1) is 0 Å². The lowest BCUT2D eigenvalue weighted by Gasteiger charge is -1.98. The van der Waals surface area contributed by atoms with Gasteiger partial charge in [0.15, 0.2) is 17.2 Å². The number of fused-ring (bicyclic) bond motifs is 1. The Balaban J connectivity index is 2.10. The molecule has 0 unspecified atom stereocenters. The fourth-order valence-corrected chi connectivity index (χ4v) is 1.53. The number of para-hydroxylation sites is 1. The van der Waals surface area contributed by atoms with E-state index in [9.17, 15) is 9.90 Å². The van der Waals surface area contributed by atoms with Crippen molar-refractivity contribution in [2.75, 3.05) is 6.61 Å². The number of aromatic hydroxyl groups is 1. The second-order valence-corrected chi connectivity index (χ2v) is 3.54. The number of phenols is 1. The van der Waals surface area contributed by atoms with Crippen molar-refractivity contribution in [2.24, 2.45) is 0 Å². The number of phenolic OH excluding ortho intramolecular Hbond substituents is 1. The van der Waals surface area contributed by atoms with E-state index >= 15 is 0 Å². The fourth-order valence-electron chi connectivity index (χ4n) is 1.53. The number of nitrogens with zero attached hydrogens (tertiary/aromatic N) is 1. The van der Waals surface area contributed by atoms with Crippen molar-refractivity contribution in [2.45, 2.75) is 19.8 Å². The molecule has 0 spiro atoms. The summed E-state index contributed by atoms with van der Waals surface area (Å²) in [7, 11) is 0. The minimum absolute atomic E-state index is 0.0531. The standard InChI is InChI=1S/C12H13NO4/c1-2-16-11(15)7-6-10-13-8-4-3-5-9(14)12(8)17-10/h3-5,14H,2,6-7H2,1H3. The van der Waals surface area contributed by atoms with Crippen molar-refractivity contribution in [1.82, 2.24) is 4.98 Å². The van der Waals surface area contributed by atoms with Gasteiger partial charge in [-0.25, -0.2) is 4.98 Å². The molecule has 90 valence electrons. The van der Waals surface area contributed by atoms with Gasteiger partial charge in [-0.05, 0) is 19.1 Å². The number of ether oxygens (including phenoxy) is 1. The van der Waals surface area contributed by atoms with Crippen LogP contribution in [-0.4, -0.2) is 22.7 Å². The molecule has 0 aliphatic rings. The number of carbonyl (C=O) groups excluding carboxylic acids is 1. The van der Waals surface area contributed by atoms with Crippen molar-refractivity contribution in [1.29, 1.82) is 0 Å². The van der Waals surface area contributed by atoms with E-state index in [1.54, 1.807) is 19.1 Å². The number of rotatable bonds is 4. The van der Waals surface area contributed by atoms with E-state index in [-0.39, 0.29) is 18.1 Å². The van der Waals surface area contributed by atoms with Crippen molar-refractivity contribution in [3.8, 4) is 5.75 Å². The summed E-state index contributed by atoms with van der Waals surface area (Å²) >= 11 is 0. The van der Waals surface area contributed by atoms with E-state index in [0.717, 1.165) is 0 Å². The maximum absolute atomic E-state index is 11.2. The van der Waals surface area contributed by atoms with Crippen LogP contribution < -0.4 is 0 Å². The number of hydrogen-bond donors (Lipinski definition) is 1. The minimum Gasteiger partial charge on any atom is -0.504 e. The first kappa shape index (κ1) is 11.4. The minimum atomic E-state index is -0.279. The van der Waals surface area contributed by atoms with Gasteiger partial charge in [0.2, 0.25) is 0 Å². The zero-order chi connectivity index (χ0) is 12.3. The SMILES string of the molecule is CCOC(=O)CCc1nc2cccc(O)c2o1. The van der Waals surface area contributed by atoms with Gasteiger partial charge in [0.25, 0.3) is 0 Å². The van der Waals surface area contributed by atoms with E-state index in [0.29, 0.717) is 30.0 Å². The summed E-state index contributed by atoms with van der Waals surface area (Å²) in [5.74, 6) is 0.200. The highest BCUT2D eigenvalue weighted by Crippen LogP contribution is 2.25. The topological polar surface area (TPSA) is 72.6 Å². The van der Waals surface area contributed by atoms with Crippen LogP contribution in [0.5, 0.6) is 5.75 Å². The first-order chi connectivity index (χ1) is 8.20. The summed E-state index contributed by atoms with van der Waals surface area (Å²) in [5.41, 5.74) is 0.940. The van der Waals surface area contributed by atoms with Gasteiger partial charge < -0.3 is 14.3 Å². The average Bonchev–Trinajstić information content (AvgIpc) is 2.71. The Labute approximate surface area is 98.0 Å². The number of esters is 1. The molecule has 2 aromatic rings. The molecule has 1 aromatic heterocycles. The molecule has 1 heterocycles. The molecule has 2 rings (SSSR count). The Bertz CT molecular complexity index is 532. The van der Waals surface area contributed by atoms with Gasteiger partial charge in [0.05, 0.1) is 13.0 Å². The highest BCUT2D eigenvalue weighted by atomic mass is 16.5. The van der Waals surface area contributed by atoms with E-state index in [1.165, 1.54) is 6.07 Å². The maximum Gasteiger partial charge on any atom is 0.306 e. The number of aryl methyl sites for hydroxylation is 1. The summed E-state index contributed by atoms with van der Waals surface area (Å²) < 4.78 is 10.2. The third-order valence-corrected chi connectivity index (χ3v) is 2.29. The lowest BCUT2D eigenvalue weighted by molar-refractivity contribution is -0.143. The highest BCUT2D eigenvalue weighted by molar-refractivity contribution is 5.79. The molecule has 0 bridgehead atoms. The average molecular weight is 235 g/mol. The van der Waals surface area contributed by atoms with Crippen molar-refractivity contribution < 1.29 is 19.1 Å². The Morgan fingerprint density at radius 1 is 1.53 bits per heavy atom. The molecule has 0 saturated heterocycles. The van der Waals surface area contributed by atoms with Gasteiger partial charge in [-0.1, -0.05) is 6.07 Å². The summed E-state index contributed by atoms with van der Waals surface area (Å²) in [6, 6.07) is 4.96. The number of benzene rings is 1. The van der Waals surface area contributed by atoms with E-state index in [1.807, 2.05) is 0 Å². The molecule has 5 heteroatoms. The number of hydrogen-bond acceptors (Lipinski definition) is 5. The van der Waals surface area contributed by atoms with Gasteiger partial charge in [-0.3, -0.25) is 4.79 Å². The molecule has 1 aromatic carbocycles. The van der Waals surface area contributed by atoms with E-state index in [4.69, 9.17) is 9.15 Å². The quantitative estimate of drug-likeness (QED) is 0.821. The van der Waals surface area contributed by atoms with Gasteiger partial charge in [0, 0.05) is 6.42 Å². The van der Waals surface area contributed by atoms with Crippen LogP contribution in [-0.2, 0) is 16.0 Å². The molecule has 17 heavy (non-hydrogen) atoms. The van der Waals surface area contributed by atoms with Gasteiger partial charge >= 0.3 is 5.97 Å². The predicted octanol–water partition coefficient (Wildman–Crippen LogP) is 2.03. The molecule has 0 radical (unpaired) electrons. The Morgan fingerprint density at radius 3 is 3.06 bits per heavy atom. The summed E-state index contributed by atoms with van der Waals surface area (Å²) in [4.78, 5) is 15.3. The summed E-state index contributed by atoms with van der Waals surface area (Å²) in [6.45, 7) is 2.13. The van der Waals surface area contributed by atoms with Crippen LogP contribution in [0.25, 0.3) is 11.1 Å². The van der Waals surface area contributed by atoms with Crippen molar-refractivity contribution in [3.05, 3.63) is 24.1 Å². The van der Waals surface area contributed by atoms with Crippen LogP contribution in [0.2, 0.25) is 0 Å². The Kier molecular flexibility index (Phi) is 3.27. The van der Waals surface area contributed by atoms with Crippen LogP contribution >= 0.6 is 0 Å². The lowest BCUT2D eigenvalue weighted by atomic mass is 10.3. The number of carbonyl (C=O) groups is 1. The lowest BCUT2D eigenvalue weighted by Crippen LogP contribution is -2.05. The maximum atomic E-state index is 11.2. The van der Waals surface area contributed by atoms with Crippen LogP contribution in [0.4, 0.5) is 0 Å². The molecule has 0 fully saturated rings. The van der Waals surface area contributed by atoms with Crippen LogP contribution in [0.1, 0.15) is 19.2 Å². The second kappa shape index (κ2) is 4.86. The largest absolute Gasteiger partial charge is 0.504 e. The van der Waals surface area contributed by atoms with E-state index in [2.05, 4.69) is 4.98 Å². The zero-order valence-corrected chi connectivity index (χ0v) is 9.47. The molecule has 0 atom stereocenters. The van der Waals surface area contributed by atoms with E-state index < -0.39 is 0 Å². The number of aromatic nitrogens is 1. The molecule has 0 aliphatic heterocycles. The highest BCUT2D eigenvalue weighted by Gasteiger charge is 2.11. The van der Waals surface area contributed by atoms with Gasteiger partial charge in [0.1, 0.15) is 5.52 Å². The summed E-state index contributed by atoms with van der Waals surface area (Å²) in [6.07, 6.45) is 0.592. The third kappa shape index (κ3) is 2.55. The van der Waals surface area contributed by atoms with Crippen molar-refractivity contribution >= 4 is 17.1 Å². The van der Waals surface area contributed by atoms with Crippen LogP contribution in [0.3, 0.4) is 0 Å². The van der Waals surface area contributed by atoms with Crippen LogP contribution in [0, 0.1) is 0 Å². The molecule has 5 nitrogen and oxygen atoms in total. The predicted molar refractivity (Wildman–Crippen MR) is 60.6 cm³/mol. The smallest absolute Gasteiger partial charge is 0.306 e. The molecule has 1 N–H and O–H groups in total. The fraction of sp³-hybridized carbons (Fsp3) is 0.333. The number of oxazole rings is 1. The normalized spacial score (nSPS) is 10.6. The Morgan fingerprint density at radius 2 is 2.35 bits per heavy atom. The monoisotopic (exact) mass is 235 g/mol. The zero-order valence-electron chi connectivity index (χ0n) is 9.47. The molecular formula is C12H13NO4. The van der Waals surface area contributed by atoms with Crippen molar-refractivity contribution in [3.63, 3.8) is 0 Å². The second-order valence-electron chi connectivity index (χ2n) is 3.54. The third-order valence-electron chi connectivity index (χ3n) is 2.29. The first-order valence-electron chi connectivity index (χ1n) is 5.43. The summed E-state index contributed by atoms with van der Waals surface area (Å²) in [5, 5.41) is 9.52. The molecule has 0 saturated carbocycles. The molecular weight excluding hydrogens is 222 g/mol. The molecule has 0 amide bonds. The Hall–Kier alpha value is -2.04.